The van der Waals surface area contributed by atoms with Gasteiger partial charge in [0, 0.05) is 5.69 Å². The molecule has 0 bridgehead atoms. The van der Waals surface area contributed by atoms with Crippen molar-refractivity contribution in [1.82, 2.24) is 0 Å². The number of nitrogens with one attached hydrogen (secondary N) is 1. The molecule has 0 amide bonds. The average Bonchev–Trinajstić information content (AvgIpc) is 2.45. The van der Waals surface area contributed by atoms with Crippen LogP contribution in [0.4, 0.5) is 10.1 Å². The van der Waals surface area contributed by atoms with Crippen LogP contribution in [0.2, 0.25) is 0 Å². The number of methoxy groups -OCH3 is 1. The van der Waals surface area contributed by atoms with Crippen LogP contribution in [0.25, 0.3) is 0 Å². The summed E-state index contributed by atoms with van der Waals surface area (Å²) in [7, 11) is -3.01. The van der Waals surface area contributed by atoms with Crippen molar-refractivity contribution in [3.8, 4) is 0 Å². The van der Waals surface area contributed by atoms with Gasteiger partial charge in [0.2, 0.25) is 0 Å². The first-order valence-electron chi connectivity index (χ1n) is 6.72. The maximum absolute atomic E-state index is 13.9. The number of benzene rings is 2. The predicted octanol–water partition coefficient (Wildman–Crippen LogP) is 3.03. The summed E-state index contributed by atoms with van der Waals surface area (Å²) in [6.07, 6.45) is 0. The van der Waals surface area contributed by atoms with E-state index >= 15 is 0 Å². The number of esters is 1. The van der Waals surface area contributed by atoms with Gasteiger partial charge in [-0.05, 0) is 55.3 Å². The number of hydrogen-bond donors (Lipinski definition) is 1. The molecule has 7 heteroatoms. The van der Waals surface area contributed by atoms with Crippen LogP contribution >= 0.6 is 0 Å². The molecule has 1 N–H and O–H groups in total. The van der Waals surface area contributed by atoms with Gasteiger partial charge in [-0.15, -0.1) is 0 Å². The molecule has 5 nitrogen and oxygen atoms in total. The molecule has 0 atom stereocenters. The van der Waals surface area contributed by atoms with Gasteiger partial charge in [-0.3, -0.25) is 4.72 Å². The Kier molecular flexibility index (Phi) is 4.70. The molecule has 0 radical (unpaired) electrons. The smallest absolute Gasteiger partial charge is 0.337 e. The highest BCUT2D eigenvalue weighted by Crippen LogP contribution is 2.22. The number of carbonyl (C=O) groups excluding carboxylic acids is 1. The highest BCUT2D eigenvalue weighted by molar-refractivity contribution is 7.92. The standard InChI is InChI=1S/C16H16FNO4S/c1-10-6-11(2)8-13(7-10)18-23(20,21)15-9-12(16(19)22-3)4-5-14(15)17/h4-9,18H,1-3H3. The fourth-order valence-electron chi connectivity index (χ4n) is 2.20. The molecule has 0 aliphatic heterocycles. The second-order valence-corrected chi connectivity index (χ2v) is 6.77. The Labute approximate surface area is 134 Å². The number of aryl methyl sites for hydroxylation is 2. The van der Waals surface area contributed by atoms with Crippen LogP contribution in [0.3, 0.4) is 0 Å². The van der Waals surface area contributed by atoms with Crippen molar-refractivity contribution in [1.29, 1.82) is 0 Å². The summed E-state index contributed by atoms with van der Waals surface area (Å²) >= 11 is 0. The summed E-state index contributed by atoms with van der Waals surface area (Å²) in [5, 5.41) is 0. The second-order valence-electron chi connectivity index (χ2n) is 5.12. The summed E-state index contributed by atoms with van der Waals surface area (Å²) in [4.78, 5) is 10.9. The van der Waals surface area contributed by atoms with Crippen molar-refractivity contribution in [2.75, 3.05) is 11.8 Å². The van der Waals surface area contributed by atoms with E-state index in [1.54, 1.807) is 12.1 Å². The van der Waals surface area contributed by atoms with E-state index in [0.717, 1.165) is 36.4 Å². The first-order valence-corrected chi connectivity index (χ1v) is 8.20. The van der Waals surface area contributed by atoms with Crippen LogP contribution in [-0.2, 0) is 14.8 Å². The normalized spacial score (nSPS) is 11.1. The van der Waals surface area contributed by atoms with Gasteiger partial charge < -0.3 is 4.74 Å². The highest BCUT2D eigenvalue weighted by atomic mass is 32.2. The molecule has 23 heavy (non-hydrogen) atoms. The Hall–Kier alpha value is -2.41. The number of halogens is 1. The molecule has 0 aliphatic carbocycles. The molecule has 0 fully saturated rings. The van der Waals surface area contributed by atoms with Crippen molar-refractivity contribution in [2.45, 2.75) is 18.7 Å². The lowest BCUT2D eigenvalue weighted by atomic mass is 10.1. The molecule has 0 heterocycles. The predicted molar refractivity (Wildman–Crippen MR) is 84.5 cm³/mol. The quantitative estimate of drug-likeness (QED) is 0.871. The van der Waals surface area contributed by atoms with Crippen LogP contribution in [0.5, 0.6) is 0 Å². The van der Waals surface area contributed by atoms with Gasteiger partial charge in [-0.25, -0.2) is 17.6 Å². The minimum Gasteiger partial charge on any atom is -0.465 e. The Morgan fingerprint density at radius 3 is 2.26 bits per heavy atom. The van der Waals surface area contributed by atoms with Crippen molar-refractivity contribution in [3.05, 3.63) is 58.9 Å². The molecule has 0 aliphatic rings. The summed E-state index contributed by atoms with van der Waals surface area (Å²) in [6.45, 7) is 3.65. The third-order valence-corrected chi connectivity index (χ3v) is 4.51. The van der Waals surface area contributed by atoms with Crippen molar-refractivity contribution in [2.24, 2.45) is 0 Å². The largest absolute Gasteiger partial charge is 0.465 e. The number of hydrogen-bond acceptors (Lipinski definition) is 4. The van der Waals surface area contributed by atoms with E-state index < -0.39 is 26.7 Å². The molecule has 2 rings (SSSR count). The molecule has 0 saturated heterocycles. The van der Waals surface area contributed by atoms with Crippen molar-refractivity contribution in [3.63, 3.8) is 0 Å². The van der Waals surface area contributed by atoms with E-state index in [0.29, 0.717) is 5.69 Å². The van der Waals surface area contributed by atoms with Gasteiger partial charge in [0.05, 0.1) is 12.7 Å². The molecule has 2 aromatic rings. The van der Waals surface area contributed by atoms with E-state index in [-0.39, 0.29) is 5.56 Å². The lowest BCUT2D eigenvalue weighted by molar-refractivity contribution is 0.0600. The van der Waals surface area contributed by atoms with E-state index in [1.807, 2.05) is 19.9 Å². The average molecular weight is 337 g/mol. The molecule has 122 valence electrons. The van der Waals surface area contributed by atoms with E-state index in [4.69, 9.17) is 0 Å². The van der Waals surface area contributed by atoms with Gasteiger partial charge in [0.25, 0.3) is 10.0 Å². The minimum absolute atomic E-state index is 0.0466. The summed E-state index contributed by atoms with van der Waals surface area (Å²) in [5.41, 5.74) is 2.01. The molecule has 0 spiro atoms. The zero-order valence-corrected chi connectivity index (χ0v) is 13.7. The first kappa shape index (κ1) is 17.0. The van der Waals surface area contributed by atoms with Crippen LogP contribution in [0.1, 0.15) is 21.5 Å². The fourth-order valence-corrected chi connectivity index (χ4v) is 3.34. The SMILES string of the molecule is COC(=O)c1ccc(F)c(S(=O)(=O)Nc2cc(C)cc(C)c2)c1. The fraction of sp³-hybridized carbons (Fsp3) is 0.188. The zero-order chi connectivity index (χ0) is 17.2. The number of sulfonamides is 1. The highest BCUT2D eigenvalue weighted by Gasteiger charge is 2.21. The van der Waals surface area contributed by atoms with Gasteiger partial charge in [0.15, 0.2) is 0 Å². The van der Waals surface area contributed by atoms with Crippen molar-refractivity contribution >= 4 is 21.7 Å². The monoisotopic (exact) mass is 337 g/mol. The summed E-state index contributed by atoms with van der Waals surface area (Å²) in [5.74, 6) is -1.69. The van der Waals surface area contributed by atoms with Gasteiger partial charge in [-0.2, -0.15) is 0 Å². The molecule has 0 aromatic heterocycles. The van der Waals surface area contributed by atoms with Gasteiger partial charge in [-0.1, -0.05) is 6.07 Å². The summed E-state index contributed by atoms with van der Waals surface area (Å²) in [6, 6.07) is 8.18. The molecule has 0 saturated carbocycles. The second kappa shape index (κ2) is 6.37. The van der Waals surface area contributed by atoms with Crippen LogP contribution < -0.4 is 4.72 Å². The third kappa shape index (κ3) is 3.87. The Bertz CT molecular complexity index is 842. The molecule has 2 aromatic carbocycles. The topological polar surface area (TPSA) is 72.5 Å². The van der Waals surface area contributed by atoms with Crippen LogP contribution in [0.15, 0.2) is 41.3 Å². The third-order valence-electron chi connectivity index (χ3n) is 3.12. The molecule has 0 unspecified atom stereocenters. The van der Waals surface area contributed by atoms with Crippen LogP contribution in [-0.4, -0.2) is 21.5 Å². The van der Waals surface area contributed by atoms with Gasteiger partial charge in [0.1, 0.15) is 10.7 Å². The maximum Gasteiger partial charge on any atom is 0.337 e. The van der Waals surface area contributed by atoms with E-state index in [1.165, 1.54) is 0 Å². The van der Waals surface area contributed by atoms with Crippen LogP contribution in [0, 0.1) is 19.7 Å². The molecular formula is C16H16FNO4S. The summed E-state index contributed by atoms with van der Waals surface area (Å²) < 4.78 is 45.6. The molecular weight excluding hydrogens is 321 g/mol. The minimum atomic E-state index is -4.17. The van der Waals surface area contributed by atoms with E-state index in [2.05, 4.69) is 9.46 Å². The maximum atomic E-state index is 13.9. The van der Waals surface area contributed by atoms with E-state index in [9.17, 15) is 17.6 Å². The lowest BCUT2D eigenvalue weighted by Crippen LogP contribution is -2.16. The van der Waals surface area contributed by atoms with Crippen molar-refractivity contribution < 1.29 is 22.3 Å². The number of ether oxygens (including phenoxy) is 1. The first-order chi connectivity index (χ1) is 10.7. The number of anilines is 1. The zero-order valence-electron chi connectivity index (χ0n) is 12.9. The number of rotatable bonds is 4. The Morgan fingerprint density at radius 1 is 1.09 bits per heavy atom. The number of carbonyl (C=O) groups is 1. The van der Waals surface area contributed by atoms with Gasteiger partial charge >= 0.3 is 5.97 Å². The lowest BCUT2D eigenvalue weighted by Gasteiger charge is -2.11. The Morgan fingerprint density at radius 2 is 1.70 bits per heavy atom. The Balaban J connectivity index is 2.45.